The van der Waals surface area contributed by atoms with Crippen molar-refractivity contribution in [1.82, 2.24) is 9.55 Å². The van der Waals surface area contributed by atoms with Gasteiger partial charge >= 0.3 is 5.97 Å². The summed E-state index contributed by atoms with van der Waals surface area (Å²) in [5.74, 6) is 1.04. The molecule has 2 N–H and O–H groups in total. The van der Waals surface area contributed by atoms with Crippen LogP contribution in [0.5, 0.6) is 11.5 Å². The maximum atomic E-state index is 12.8. The summed E-state index contributed by atoms with van der Waals surface area (Å²) in [6.45, 7) is 2.58. The number of nitrogen functional groups attached to an aromatic ring is 1. The number of rotatable bonds is 6. The van der Waals surface area contributed by atoms with Crippen molar-refractivity contribution in [2.75, 3.05) is 26.6 Å². The number of carbonyl (C=O) groups excluding carboxylic acids is 1. The minimum absolute atomic E-state index is 0.316. The van der Waals surface area contributed by atoms with Gasteiger partial charge in [0.05, 0.1) is 26.5 Å². The summed E-state index contributed by atoms with van der Waals surface area (Å²) in [5, 5.41) is 0.543. The highest BCUT2D eigenvalue weighted by molar-refractivity contribution is 7.15. The Labute approximate surface area is 179 Å². The first-order valence-electron chi connectivity index (χ1n) is 9.91. The lowest BCUT2D eigenvalue weighted by molar-refractivity contribution is 0.0514. The molecule has 30 heavy (non-hydrogen) atoms. The average molecular weight is 428 g/mol. The molecule has 1 aliphatic carbocycles. The van der Waals surface area contributed by atoms with Crippen LogP contribution in [0, 0.1) is 0 Å². The van der Waals surface area contributed by atoms with Crippen LogP contribution in [0.4, 0.5) is 5.13 Å². The number of aromatic nitrogens is 2. The van der Waals surface area contributed by atoms with Crippen molar-refractivity contribution in [2.24, 2.45) is 0 Å². The third-order valence-electron chi connectivity index (χ3n) is 5.20. The largest absolute Gasteiger partial charge is 0.497 e. The lowest BCUT2D eigenvalue weighted by atomic mass is 10.1. The van der Waals surface area contributed by atoms with Crippen LogP contribution in [0.25, 0.3) is 11.4 Å². The van der Waals surface area contributed by atoms with Crippen LogP contribution in [0.15, 0.2) is 24.3 Å². The Hall–Kier alpha value is -3.00. The third-order valence-corrected chi connectivity index (χ3v) is 6.14. The molecule has 0 bridgehead atoms. The van der Waals surface area contributed by atoms with Crippen molar-refractivity contribution >= 4 is 22.4 Å². The van der Waals surface area contributed by atoms with Crippen LogP contribution < -0.4 is 15.2 Å². The van der Waals surface area contributed by atoms with Gasteiger partial charge in [-0.2, -0.15) is 0 Å². The number of methoxy groups -OCH3 is 2. The van der Waals surface area contributed by atoms with Crippen molar-refractivity contribution in [2.45, 2.75) is 32.7 Å². The average Bonchev–Trinajstić information content (AvgIpc) is 3.22. The zero-order valence-corrected chi connectivity index (χ0v) is 18.2. The summed E-state index contributed by atoms with van der Waals surface area (Å²) in [7, 11) is 3.24. The number of aryl methyl sites for hydroxylation is 2. The van der Waals surface area contributed by atoms with Crippen molar-refractivity contribution in [3.05, 3.63) is 46.0 Å². The molecule has 4 rings (SSSR count). The van der Waals surface area contributed by atoms with E-state index < -0.39 is 0 Å². The number of thiazole rings is 1. The van der Waals surface area contributed by atoms with Gasteiger partial charge in [-0.25, -0.2) is 9.78 Å². The minimum Gasteiger partial charge on any atom is -0.497 e. The molecule has 0 fully saturated rings. The van der Waals surface area contributed by atoms with Crippen molar-refractivity contribution in [3.63, 3.8) is 0 Å². The topological polar surface area (TPSA) is 88.6 Å². The Morgan fingerprint density at radius 3 is 2.57 bits per heavy atom. The number of hydrogen-bond donors (Lipinski definition) is 1. The summed E-state index contributed by atoms with van der Waals surface area (Å²) in [6.07, 6.45) is 2.79. The SMILES string of the molecule is CCOC(=O)c1cc2c(n1Cc1cc(OC)cc(OC)c1)-c1nc(N)sc1CCC2. The molecule has 1 aliphatic rings. The molecular formula is C22H25N3O4S. The molecule has 0 spiro atoms. The first-order chi connectivity index (χ1) is 14.5. The second-order valence-corrected chi connectivity index (χ2v) is 8.22. The highest BCUT2D eigenvalue weighted by Crippen LogP contribution is 2.39. The molecule has 3 aromatic rings. The number of fused-ring (bicyclic) bond motifs is 3. The number of carbonyl (C=O) groups is 1. The zero-order chi connectivity index (χ0) is 21.3. The number of nitrogens with zero attached hydrogens (tertiary/aromatic N) is 2. The summed E-state index contributed by atoms with van der Waals surface area (Å²) >= 11 is 1.52. The lowest BCUT2D eigenvalue weighted by Crippen LogP contribution is -2.14. The van der Waals surface area contributed by atoms with Crippen LogP contribution in [0.2, 0.25) is 0 Å². The number of benzene rings is 1. The Morgan fingerprint density at radius 1 is 1.17 bits per heavy atom. The van der Waals surface area contributed by atoms with E-state index in [9.17, 15) is 4.79 Å². The fourth-order valence-corrected chi connectivity index (χ4v) is 4.79. The number of esters is 1. The summed E-state index contributed by atoms with van der Waals surface area (Å²) < 4.78 is 18.2. The maximum Gasteiger partial charge on any atom is 0.354 e. The first kappa shape index (κ1) is 20.3. The summed E-state index contributed by atoms with van der Waals surface area (Å²) in [6, 6.07) is 7.65. The van der Waals surface area contributed by atoms with Crippen molar-refractivity contribution in [3.8, 4) is 22.9 Å². The number of nitrogens with two attached hydrogens (primary N) is 1. The van der Waals surface area contributed by atoms with E-state index >= 15 is 0 Å². The quantitative estimate of drug-likeness (QED) is 0.600. The van der Waals surface area contributed by atoms with Gasteiger partial charge in [-0.15, -0.1) is 11.3 Å². The highest BCUT2D eigenvalue weighted by atomic mass is 32.1. The first-order valence-corrected chi connectivity index (χ1v) is 10.7. The van der Waals surface area contributed by atoms with E-state index in [0.29, 0.717) is 35.5 Å². The molecule has 7 nitrogen and oxygen atoms in total. The van der Waals surface area contributed by atoms with E-state index in [4.69, 9.17) is 19.9 Å². The number of hydrogen-bond acceptors (Lipinski definition) is 7. The van der Waals surface area contributed by atoms with Crippen molar-refractivity contribution < 1.29 is 19.0 Å². The number of ether oxygens (including phenoxy) is 3. The molecule has 8 heteroatoms. The minimum atomic E-state index is -0.342. The van der Waals surface area contributed by atoms with Crippen molar-refractivity contribution in [1.29, 1.82) is 0 Å². The molecule has 158 valence electrons. The van der Waals surface area contributed by atoms with Gasteiger partial charge in [0.25, 0.3) is 0 Å². The molecule has 0 saturated heterocycles. The number of anilines is 1. The van der Waals surface area contributed by atoms with Crippen LogP contribution in [0.3, 0.4) is 0 Å². The van der Waals surface area contributed by atoms with Gasteiger partial charge in [-0.3, -0.25) is 0 Å². The van der Waals surface area contributed by atoms with Crippen LogP contribution in [-0.4, -0.2) is 36.3 Å². The van der Waals surface area contributed by atoms with Crippen LogP contribution >= 0.6 is 11.3 Å². The van der Waals surface area contributed by atoms with Gasteiger partial charge in [0.2, 0.25) is 0 Å². The monoisotopic (exact) mass is 427 g/mol. The molecule has 0 aliphatic heterocycles. The van der Waals surface area contributed by atoms with Gasteiger partial charge in [-0.05, 0) is 55.5 Å². The molecule has 2 aromatic heterocycles. The standard InChI is InChI=1S/C22H25N3O4S/c1-4-29-21(26)17-10-14-6-5-7-18-19(24-22(23)30-18)20(14)25(17)12-13-8-15(27-2)11-16(9-13)28-3/h8-11H,4-7,12H2,1-3H3,(H2,23,24). The second-order valence-electron chi connectivity index (χ2n) is 7.11. The van der Waals surface area contributed by atoms with E-state index in [1.807, 2.05) is 35.8 Å². The fraction of sp³-hybridized carbons (Fsp3) is 0.364. The molecule has 0 atom stereocenters. The van der Waals surface area contributed by atoms with E-state index in [2.05, 4.69) is 4.98 Å². The summed E-state index contributed by atoms with van der Waals surface area (Å²) in [4.78, 5) is 18.6. The van der Waals surface area contributed by atoms with Gasteiger partial charge < -0.3 is 24.5 Å². The molecule has 1 aromatic carbocycles. The summed E-state index contributed by atoms with van der Waals surface area (Å²) in [5.41, 5.74) is 10.4. The smallest absolute Gasteiger partial charge is 0.354 e. The predicted octanol–water partition coefficient (Wildman–Crippen LogP) is 3.92. The normalized spacial score (nSPS) is 12.6. The predicted molar refractivity (Wildman–Crippen MR) is 117 cm³/mol. The fourth-order valence-electron chi connectivity index (χ4n) is 3.92. The lowest BCUT2D eigenvalue weighted by Gasteiger charge is -2.15. The Morgan fingerprint density at radius 2 is 1.90 bits per heavy atom. The molecule has 0 unspecified atom stereocenters. The third kappa shape index (κ3) is 3.75. The van der Waals surface area contributed by atoms with E-state index in [1.165, 1.54) is 11.3 Å². The Kier molecular flexibility index (Phi) is 5.67. The Balaban J connectivity index is 1.88. The van der Waals surface area contributed by atoms with E-state index in [-0.39, 0.29) is 5.97 Å². The molecule has 0 saturated carbocycles. The van der Waals surface area contributed by atoms with E-state index in [1.54, 1.807) is 14.2 Å². The van der Waals surface area contributed by atoms with Gasteiger partial charge in [0.1, 0.15) is 22.9 Å². The van der Waals surface area contributed by atoms with Crippen LogP contribution in [-0.2, 0) is 24.1 Å². The van der Waals surface area contributed by atoms with E-state index in [0.717, 1.165) is 46.7 Å². The van der Waals surface area contributed by atoms with Crippen LogP contribution in [0.1, 0.15) is 39.8 Å². The molecule has 0 radical (unpaired) electrons. The highest BCUT2D eigenvalue weighted by Gasteiger charge is 2.27. The van der Waals surface area contributed by atoms with Gasteiger partial charge in [-0.1, -0.05) is 0 Å². The second kappa shape index (κ2) is 8.39. The molecule has 0 amide bonds. The Bertz CT molecular complexity index is 1060. The molecular weight excluding hydrogens is 402 g/mol. The molecule has 2 heterocycles. The van der Waals surface area contributed by atoms with Gasteiger partial charge in [0.15, 0.2) is 5.13 Å². The zero-order valence-electron chi connectivity index (χ0n) is 17.4. The maximum absolute atomic E-state index is 12.8. The van der Waals surface area contributed by atoms with Gasteiger partial charge in [0, 0.05) is 17.5 Å².